The molecule has 1 aromatic rings. The minimum absolute atomic E-state index is 0.0230. The average Bonchev–Trinajstić information content (AvgIpc) is 2.42. The highest BCUT2D eigenvalue weighted by atomic mass is 32.2. The first-order valence-corrected chi connectivity index (χ1v) is 7.93. The molecule has 2 atom stereocenters. The molecule has 0 aliphatic carbocycles. The van der Waals surface area contributed by atoms with E-state index >= 15 is 0 Å². The van der Waals surface area contributed by atoms with Crippen molar-refractivity contribution >= 4 is 10.8 Å². The molecule has 0 aliphatic heterocycles. The molecule has 0 saturated heterocycles. The van der Waals surface area contributed by atoms with E-state index in [0.717, 1.165) is 5.56 Å². The van der Waals surface area contributed by atoms with Crippen molar-refractivity contribution in [3.05, 3.63) is 23.8 Å². The van der Waals surface area contributed by atoms with Gasteiger partial charge in [-0.15, -0.1) is 0 Å². The molecular weight excluding hydrogens is 274 g/mol. The Kier molecular flexibility index (Phi) is 6.02. The van der Waals surface area contributed by atoms with E-state index in [0.29, 0.717) is 17.3 Å². The zero-order valence-electron chi connectivity index (χ0n) is 13.1. The van der Waals surface area contributed by atoms with Crippen LogP contribution >= 0.6 is 0 Å². The molecule has 0 aliphatic rings. The molecule has 0 bridgehead atoms. The number of nitrogens with one attached hydrogen (secondary N) is 1. The summed E-state index contributed by atoms with van der Waals surface area (Å²) in [6, 6.07) is 5.80. The highest BCUT2D eigenvalue weighted by Crippen LogP contribution is 2.30. The van der Waals surface area contributed by atoms with E-state index in [2.05, 4.69) is 5.32 Å². The van der Waals surface area contributed by atoms with Crippen molar-refractivity contribution in [2.75, 3.05) is 27.0 Å². The maximum Gasteiger partial charge on any atom is 0.161 e. The van der Waals surface area contributed by atoms with E-state index in [1.54, 1.807) is 14.2 Å². The smallest absolute Gasteiger partial charge is 0.161 e. The first-order valence-electron chi connectivity index (χ1n) is 6.61. The summed E-state index contributed by atoms with van der Waals surface area (Å²) in [6.07, 6.45) is 0. The van der Waals surface area contributed by atoms with Crippen LogP contribution in [0.4, 0.5) is 0 Å². The summed E-state index contributed by atoms with van der Waals surface area (Å²) in [4.78, 5) is 0. The molecule has 0 radical (unpaired) electrons. The molecule has 0 spiro atoms. The van der Waals surface area contributed by atoms with Gasteiger partial charge < -0.3 is 14.8 Å². The molecule has 20 heavy (non-hydrogen) atoms. The third-order valence-corrected chi connectivity index (χ3v) is 5.16. The third-order valence-electron chi connectivity index (χ3n) is 3.16. The predicted molar refractivity (Wildman–Crippen MR) is 84.1 cm³/mol. The van der Waals surface area contributed by atoms with E-state index in [9.17, 15) is 4.21 Å². The number of hydrogen-bond acceptors (Lipinski definition) is 4. The molecule has 0 aromatic heterocycles. The number of rotatable bonds is 6. The first kappa shape index (κ1) is 17.0. The summed E-state index contributed by atoms with van der Waals surface area (Å²) in [6.45, 7) is 5.97. The zero-order chi connectivity index (χ0) is 15.3. The van der Waals surface area contributed by atoms with Gasteiger partial charge in [0.2, 0.25) is 0 Å². The van der Waals surface area contributed by atoms with Gasteiger partial charge in [0.1, 0.15) is 0 Å². The molecule has 0 fully saturated rings. The summed E-state index contributed by atoms with van der Waals surface area (Å²) < 4.78 is 22.6. The summed E-state index contributed by atoms with van der Waals surface area (Å²) >= 11 is 0. The van der Waals surface area contributed by atoms with Crippen LogP contribution in [0.3, 0.4) is 0 Å². The van der Waals surface area contributed by atoms with E-state index < -0.39 is 10.8 Å². The average molecular weight is 299 g/mol. The lowest BCUT2D eigenvalue weighted by molar-refractivity contribution is 0.354. The largest absolute Gasteiger partial charge is 0.493 e. The van der Waals surface area contributed by atoms with Gasteiger partial charge in [-0.2, -0.15) is 0 Å². The Bertz CT molecular complexity index is 469. The Hall–Kier alpha value is -1.07. The second-order valence-corrected chi connectivity index (χ2v) is 7.83. The van der Waals surface area contributed by atoms with Crippen LogP contribution in [-0.2, 0) is 10.8 Å². The number of ether oxygens (including phenoxy) is 2. The lowest BCUT2D eigenvalue weighted by Gasteiger charge is -2.23. The molecule has 1 N–H and O–H groups in total. The Morgan fingerprint density at radius 3 is 2.25 bits per heavy atom. The molecule has 114 valence electrons. The molecule has 4 nitrogen and oxygen atoms in total. The van der Waals surface area contributed by atoms with Crippen LogP contribution in [-0.4, -0.2) is 36.0 Å². The van der Waals surface area contributed by atoms with Crippen molar-refractivity contribution in [1.29, 1.82) is 0 Å². The van der Waals surface area contributed by atoms with Crippen molar-refractivity contribution in [2.45, 2.75) is 31.6 Å². The summed E-state index contributed by atoms with van der Waals surface area (Å²) in [5, 5.41) is 3.22. The maximum atomic E-state index is 12.3. The minimum atomic E-state index is -0.918. The van der Waals surface area contributed by atoms with Crippen LogP contribution in [0.1, 0.15) is 32.4 Å². The van der Waals surface area contributed by atoms with Gasteiger partial charge in [0.25, 0.3) is 0 Å². The van der Waals surface area contributed by atoms with Gasteiger partial charge in [-0.1, -0.05) is 6.07 Å². The Morgan fingerprint density at radius 2 is 1.80 bits per heavy atom. The van der Waals surface area contributed by atoms with Crippen LogP contribution in [0.15, 0.2) is 18.2 Å². The van der Waals surface area contributed by atoms with E-state index in [1.807, 2.05) is 46.0 Å². The lowest BCUT2D eigenvalue weighted by Crippen LogP contribution is -2.31. The summed E-state index contributed by atoms with van der Waals surface area (Å²) in [5.41, 5.74) is 1.04. The second-order valence-electron chi connectivity index (χ2n) is 5.58. The van der Waals surface area contributed by atoms with E-state index in [1.165, 1.54) is 0 Å². The van der Waals surface area contributed by atoms with Crippen molar-refractivity contribution in [3.8, 4) is 11.5 Å². The van der Waals surface area contributed by atoms with Gasteiger partial charge in [-0.3, -0.25) is 4.21 Å². The fraction of sp³-hybridized carbons (Fsp3) is 0.600. The Morgan fingerprint density at radius 1 is 1.20 bits per heavy atom. The first-order chi connectivity index (χ1) is 9.33. The highest BCUT2D eigenvalue weighted by Gasteiger charge is 2.24. The number of benzene rings is 1. The Labute approximate surface area is 124 Å². The lowest BCUT2D eigenvalue weighted by atomic mass is 10.1. The van der Waals surface area contributed by atoms with Crippen LogP contribution in [0, 0.1) is 0 Å². The molecule has 0 amide bonds. The summed E-state index contributed by atoms with van der Waals surface area (Å²) in [5.74, 6) is 1.95. The predicted octanol–water partition coefficient (Wildman–Crippen LogP) is 2.51. The quantitative estimate of drug-likeness (QED) is 0.877. The van der Waals surface area contributed by atoms with Crippen LogP contribution < -0.4 is 14.8 Å². The monoisotopic (exact) mass is 299 g/mol. The highest BCUT2D eigenvalue weighted by molar-refractivity contribution is 7.86. The van der Waals surface area contributed by atoms with Gasteiger partial charge in [-0.25, -0.2) is 0 Å². The van der Waals surface area contributed by atoms with Crippen LogP contribution in [0.2, 0.25) is 0 Å². The SMILES string of the molecule is CNC(CS(=O)C(C)(C)C)c1ccc(OC)c(OC)c1. The van der Waals surface area contributed by atoms with Gasteiger partial charge in [-0.05, 0) is 45.5 Å². The normalized spacial score (nSPS) is 14.7. The standard InChI is InChI=1S/C15H25NO3S/c1-15(2,3)20(17)10-12(16-4)11-7-8-13(18-5)14(9-11)19-6/h7-9,12,16H,10H2,1-6H3. The molecule has 0 saturated carbocycles. The van der Waals surface area contributed by atoms with Gasteiger partial charge in [0, 0.05) is 27.3 Å². The Balaban J connectivity index is 2.98. The van der Waals surface area contributed by atoms with Gasteiger partial charge >= 0.3 is 0 Å². The van der Waals surface area contributed by atoms with E-state index in [-0.39, 0.29) is 10.8 Å². The second kappa shape index (κ2) is 7.09. The van der Waals surface area contributed by atoms with Crippen molar-refractivity contribution in [2.24, 2.45) is 0 Å². The molecule has 1 aromatic carbocycles. The molecule has 1 rings (SSSR count). The van der Waals surface area contributed by atoms with Gasteiger partial charge in [0.15, 0.2) is 11.5 Å². The molecular formula is C15H25NO3S. The summed E-state index contributed by atoms with van der Waals surface area (Å²) in [7, 11) is 4.19. The fourth-order valence-corrected chi connectivity index (χ4v) is 2.98. The van der Waals surface area contributed by atoms with Crippen molar-refractivity contribution in [1.82, 2.24) is 5.32 Å². The van der Waals surface area contributed by atoms with Crippen LogP contribution in [0.5, 0.6) is 11.5 Å². The molecule has 0 heterocycles. The topological polar surface area (TPSA) is 47.6 Å². The molecule has 5 heteroatoms. The fourth-order valence-electron chi connectivity index (χ4n) is 1.82. The molecule has 2 unspecified atom stereocenters. The van der Waals surface area contributed by atoms with E-state index in [4.69, 9.17) is 9.47 Å². The number of methoxy groups -OCH3 is 2. The number of hydrogen-bond donors (Lipinski definition) is 1. The third kappa shape index (κ3) is 4.21. The van der Waals surface area contributed by atoms with Crippen molar-refractivity contribution in [3.63, 3.8) is 0 Å². The maximum absolute atomic E-state index is 12.3. The zero-order valence-corrected chi connectivity index (χ0v) is 14.0. The van der Waals surface area contributed by atoms with Gasteiger partial charge in [0.05, 0.1) is 14.2 Å². The van der Waals surface area contributed by atoms with Crippen molar-refractivity contribution < 1.29 is 13.7 Å². The minimum Gasteiger partial charge on any atom is -0.493 e. The van der Waals surface area contributed by atoms with Crippen LogP contribution in [0.25, 0.3) is 0 Å².